The van der Waals surface area contributed by atoms with E-state index in [1.807, 2.05) is 24.3 Å². The first-order valence-electron chi connectivity index (χ1n) is 12.1. The number of fused-ring (bicyclic) bond motifs is 1. The van der Waals surface area contributed by atoms with E-state index in [9.17, 15) is 17.6 Å². The first kappa shape index (κ1) is 24.1. The van der Waals surface area contributed by atoms with Gasteiger partial charge in [0, 0.05) is 22.5 Å². The average Bonchev–Trinajstić information content (AvgIpc) is 3.46. The molecule has 10 heteroatoms. The molecule has 0 radical (unpaired) electrons. The Morgan fingerprint density at radius 3 is 2.51 bits per heavy atom. The standard InChI is InChI=1S/C27H24ClFN4O3S/c28-20-3-1-2-18(12-20)27-24(31-37(35,36)16-17-4-5-17)14-26(34)32(27)23-10-11-25-19(13-23)15-30-33(25)22-8-6-21(29)7-9-22/h1-3,6-13,15,17,24,27,31H,4-5,14,16H2/t24-,27+/m0/s1. The number of anilines is 1. The summed E-state index contributed by atoms with van der Waals surface area (Å²) < 4.78 is 43.6. The van der Waals surface area contributed by atoms with Gasteiger partial charge in [-0.25, -0.2) is 22.2 Å². The number of amides is 1. The third kappa shape index (κ3) is 4.86. The van der Waals surface area contributed by atoms with Crippen LogP contribution in [0.15, 0.2) is 72.9 Å². The molecule has 190 valence electrons. The van der Waals surface area contributed by atoms with Gasteiger partial charge in [-0.3, -0.25) is 4.79 Å². The van der Waals surface area contributed by atoms with Crippen molar-refractivity contribution in [3.8, 4) is 5.69 Å². The Morgan fingerprint density at radius 2 is 1.78 bits per heavy atom. The van der Waals surface area contributed by atoms with Gasteiger partial charge in [0.2, 0.25) is 15.9 Å². The normalized spacial score (nSPS) is 20.2. The molecule has 1 saturated heterocycles. The van der Waals surface area contributed by atoms with Crippen molar-refractivity contribution in [1.82, 2.24) is 14.5 Å². The van der Waals surface area contributed by atoms with Crippen LogP contribution in [0.25, 0.3) is 16.6 Å². The van der Waals surface area contributed by atoms with Crippen LogP contribution >= 0.6 is 11.6 Å². The summed E-state index contributed by atoms with van der Waals surface area (Å²) in [5.74, 6) is -0.247. The lowest BCUT2D eigenvalue weighted by Crippen LogP contribution is -2.41. The van der Waals surface area contributed by atoms with E-state index in [-0.39, 0.29) is 29.8 Å². The van der Waals surface area contributed by atoms with Crippen molar-refractivity contribution >= 4 is 44.1 Å². The molecule has 3 aromatic carbocycles. The number of aromatic nitrogens is 2. The zero-order valence-corrected chi connectivity index (χ0v) is 21.3. The summed E-state index contributed by atoms with van der Waals surface area (Å²) in [5.41, 5.74) is 2.89. The third-order valence-electron chi connectivity index (χ3n) is 6.90. The minimum atomic E-state index is -3.55. The summed E-state index contributed by atoms with van der Waals surface area (Å²) in [6.07, 6.45) is 3.56. The number of hydrogen-bond acceptors (Lipinski definition) is 4. The second-order valence-electron chi connectivity index (χ2n) is 9.69. The number of nitrogens with one attached hydrogen (secondary N) is 1. The SMILES string of the molecule is O=C1C[C@H](NS(=O)(=O)CC2CC2)[C@@H](c2cccc(Cl)c2)N1c1ccc2c(cnn2-c2ccc(F)cc2)c1. The monoisotopic (exact) mass is 538 g/mol. The molecule has 1 amide bonds. The predicted octanol–water partition coefficient (Wildman–Crippen LogP) is 4.99. The third-order valence-corrected chi connectivity index (χ3v) is 8.70. The highest BCUT2D eigenvalue weighted by atomic mass is 35.5. The lowest BCUT2D eigenvalue weighted by molar-refractivity contribution is -0.117. The van der Waals surface area contributed by atoms with Crippen molar-refractivity contribution in [1.29, 1.82) is 0 Å². The van der Waals surface area contributed by atoms with Crippen LogP contribution in [0.4, 0.5) is 10.1 Å². The van der Waals surface area contributed by atoms with E-state index in [0.717, 1.165) is 29.3 Å². The van der Waals surface area contributed by atoms with Crippen LogP contribution in [0, 0.1) is 11.7 Å². The minimum absolute atomic E-state index is 0.0357. The largest absolute Gasteiger partial charge is 0.303 e. The molecule has 0 unspecified atom stereocenters. The van der Waals surface area contributed by atoms with Crippen LogP contribution in [-0.2, 0) is 14.8 Å². The van der Waals surface area contributed by atoms with Gasteiger partial charge in [-0.2, -0.15) is 5.10 Å². The van der Waals surface area contributed by atoms with E-state index in [0.29, 0.717) is 16.4 Å². The van der Waals surface area contributed by atoms with E-state index in [1.54, 1.807) is 46.1 Å². The van der Waals surface area contributed by atoms with Crippen LogP contribution < -0.4 is 9.62 Å². The molecule has 2 atom stereocenters. The van der Waals surface area contributed by atoms with E-state index < -0.39 is 22.1 Å². The van der Waals surface area contributed by atoms with Crippen molar-refractivity contribution < 1.29 is 17.6 Å². The fraction of sp³-hybridized carbons (Fsp3) is 0.259. The molecule has 0 bridgehead atoms. The first-order valence-corrected chi connectivity index (χ1v) is 14.1. The van der Waals surface area contributed by atoms with Gasteiger partial charge in [-0.15, -0.1) is 0 Å². The van der Waals surface area contributed by atoms with Gasteiger partial charge >= 0.3 is 0 Å². The molecule has 2 aliphatic rings. The van der Waals surface area contributed by atoms with Crippen LogP contribution in [0.1, 0.15) is 30.9 Å². The number of sulfonamides is 1. The van der Waals surface area contributed by atoms with Crippen LogP contribution in [0.2, 0.25) is 5.02 Å². The fourth-order valence-corrected chi connectivity index (χ4v) is 6.97. The number of carbonyl (C=O) groups excluding carboxylic acids is 1. The summed E-state index contributed by atoms with van der Waals surface area (Å²) in [5, 5.41) is 5.75. The number of rotatable bonds is 7. The Labute approximate surface area is 218 Å². The van der Waals surface area contributed by atoms with Crippen molar-refractivity contribution in [3.63, 3.8) is 0 Å². The average molecular weight is 539 g/mol. The van der Waals surface area contributed by atoms with Crippen molar-refractivity contribution in [2.75, 3.05) is 10.7 Å². The Bertz CT molecular complexity index is 1600. The summed E-state index contributed by atoms with van der Waals surface area (Å²) in [4.78, 5) is 15.0. The topological polar surface area (TPSA) is 84.3 Å². The second kappa shape index (κ2) is 9.24. The molecule has 6 rings (SSSR count). The van der Waals surface area contributed by atoms with Crippen molar-refractivity contribution in [3.05, 3.63) is 89.3 Å². The number of halogens is 2. The Morgan fingerprint density at radius 1 is 1.03 bits per heavy atom. The lowest BCUT2D eigenvalue weighted by atomic mass is 10.0. The highest BCUT2D eigenvalue weighted by Gasteiger charge is 2.44. The van der Waals surface area contributed by atoms with Gasteiger partial charge in [-0.05, 0) is 78.9 Å². The molecule has 2 heterocycles. The highest BCUT2D eigenvalue weighted by Crippen LogP contribution is 2.40. The molecule has 1 N–H and O–H groups in total. The molecular formula is C27H24ClFN4O3S. The molecule has 4 aromatic rings. The lowest BCUT2D eigenvalue weighted by Gasteiger charge is -2.29. The van der Waals surface area contributed by atoms with E-state index >= 15 is 0 Å². The fourth-order valence-electron chi connectivity index (χ4n) is 5.05. The van der Waals surface area contributed by atoms with Gasteiger partial charge in [-0.1, -0.05) is 23.7 Å². The summed E-state index contributed by atoms with van der Waals surface area (Å²) in [7, 11) is -3.55. The van der Waals surface area contributed by atoms with E-state index in [2.05, 4.69) is 9.82 Å². The molecule has 2 fully saturated rings. The van der Waals surface area contributed by atoms with Crippen molar-refractivity contribution in [2.24, 2.45) is 5.92 Å². The van der Waals surface area contributed by atoms with Crippen LogP contribution in [0.5, 0.6) is 0 Å². The van der Waals surface area contributed by atoms with Crippen molar-refractivity contribution in [2.45, 2.75) is 31.3 Å². The van der Waals surface area contributed by atoms with Crippen LogP contribution in [-0.4, -0.2) is 35.9 Å². The minimum Gasteiger partial charge on any atom is -0.303 e. The van der Waals surface area contributed by atoms with Gasteiger partial charge in [0.1, 0.15) is 5.82 Å². The Hall–Kier alpha value is -3.27. The van der Waals surface area contributed by atoms with Gasteiger partial charge in [0.05, 0.1) is 35.2 Å². The Balaban J connectivity index is 1.38. The number of hydrogen-bond donors (Lipinski definition) is 1. The summed E-state index contributed by atoms with van der Waals surface area (Å²) in [6.45, 7) is 0. The molecule has 7 nitrogen and oxygen atoms in total. The number of carbonyl (C=O) groups is 1. The predicted molar refractivity (Wildman–Crippen MR) is 141 cm³/mol. The summed E-state index contributed by atoms with van der Waals surface area (Å²) in [6, 6.07) is 17.5. The zero-order valence-electron chi connectivity index (χ0n) is 19.7. The molecule has 1 aliphatic heterocycles. The first-order chi connectivity index (χ1) is 17.8. The maximum absolute atomic E-state index is 13.4. The quantitative estimate of drug-likeness (QED) is 0.359. The van der Waals surface area contributed by atoms with Gasteiger partial charge in [0.15, 0.2) is 0 Å². The molecule has 1 aliphatic carbocycles. The summed E-state index contributed by atoms with van der Waals surface area (Å²) >= 11 is 6.28. The number of benzene rings is 3. The second-order valence-corrected chi connectivity index (χ2v) is 11.9. The smallest absolute Gasteiger partial charge is 0.229 e. The molecule has 0 spiro atoms. The maximum Gasteiger partial charge on any atom is 0.229 e. The van der Waals surface area contributed by atoms with E-state index in [4.69, 9.17) is 11.6 Å². The number of nitrogens with zero attached hydrogens (tertiary/aromatic N) is 3. The van der Waals surface area contributed by atoms with Gasteiger partial charge < -0.3 is 4.90 Å². The molecule has 37 heavy (non-hydrogen) atoms. The van der Waals surface area contributed by atoms with Crippen LogP contribution in [0.3, 0.4) is 0 Å². The highest BCUT2D eigenvalue weighted by molar-refractivity contribution is 7.89. The molecule has 1 saturated carbocycles. The zero-order chi connectivity index (χ0) is 25.7. The van der Waals surface area contributed by atoms with Gasteiger partial charge in [0.25, 0.3) is 0 Å². The van der Waals surface area contributed by atoms with E-state index in [1.165, 1.54) is 12.1 Å². The molecule has 1 aromatic heterocycles. The molecular weight excluding hydrogens is 515 g/mol. The maximum atomic E-state index is 13.4. The Kier molecular flexibility index (Phi) is 6.01.